The van der Waals surface area contributed by atoms with Crippen LogP contribution >= 0.6 is 0 Å². The summed E-state index contributed by atoms with van der Waals surface area (Å²) in [7, 11) is 0. The standard InChI is InChI=1S/C22H21N5O3/c23-21(24)16-9-11-18(12-10-16)26-20(17-7-4-8-19(13-17)27(29)30)22(28)25-14-15-5-2-1-3-6-15/h1-13,20,26H,14H2,(H3,23,24)(H,25,28)/t20-/m0/s1. The number of benzene rings is 3. The van der Waals surface area contributed by atoms with Gasteiger partial charge in [0, 0.05) is 29.9 Å². The number of nitro groups is 1. The lowest BCUT2D eigenvalue weighted by molar-refractivity contribution is -0.384. The van der Waals surface area contributed by atoms with Gasteiger partial charge in [0.05, 0.1) is 4.92 Å². The van der Waals surface area contributed by atoms with Crippen LogP contribution in [0.15, 0.2) is 78.9 Å². The van der Waals surface area contributed by atoms with Gasteiger partial charge in [-0.2, -0.15) is 0 Å². The molecule has 5 N–H and O–H groups in total. The number of carbonyl (C=O) groups is 1. The molecule has 152 valence electrons. The molecule has 0 spiro atoms. The summed E-state index contributed by atoms with van der Waals surface area (Å²) in [6, 6.07) is 21.3. The first-order valence-corrected chi connectivity index (χ1v) is 9.21. The average molecular weight is 403 g/mol. The Balaban J connectivity index is 1.85. The molecule has 0 saturated heterocycles. The number of carbonyl (C=O) groups excluding carboxylic acids is 1. The predicted molar refractivity (Wildman–Crippen MR) is 115 cm³/mol. The van der Waals surface area contributed by atoms with Crippen molar-refractivity contribution in [3.8, 4) is 0 Å². The van der Waals surface area contributed by atoms with Gasteiger partial charge < -0.3 is 16.4 Å². The molecular formula is C22H21N5O3. The molecule has 1 amide bonds. The summed E-state index contributed by atoms with van der Waals surface area (Å²) in [6.45, 7) is 0.329. The fourth-order valence-electron chi connectivity index (χ4n) is 2.92. The van der Waals surface area contributed by atoms with Crippen molar-refractivity contribution in [3.63, 3.8) is 0 Å². The molecule has 0 saturated carbocycles. The average Bonchev–Trinajstić information content (AvgIpc) is 2.77. The van der Waals surface area contributed by atoms with Crippen molar-refractivity contribution >= 4 is 23.1 Å². The minimum absolute atomic E-state index is 0.0580. The number of amidine groups is 1. The first kappa shape index (κ1) is 20.5. The second kappa shape index (κ2) is 9.33. The number of rotatable bonds is 8. The lowest BCUT2D eigenvalue weighted by Crippen LogP contribution is -2.33. The van der Waals surface area contributed by atoms with Crippen molar-refractivity contribution in [2.75, 3.05) is 5.32 Å². The van der Waals surface area contributed by atoms with E-state index in [1.54, 1.807) is 36.4 Å². The van der Waals surface area contributed by atoms with Crippen LogP contribution in [-0.4, -0.2) is 16.7 Å². The first-order valence-electron chi connectivity index (χ1n) is 9.21. The predicted octanol–water partition coefficient (Wildman–Crippen LogP) is 3.35. The Hall–Kier alpha value is -4.20. The normalized spacial score (nSPS) is 11.3. The molecule has 3 aromatic rings. The van der Waals surface area contributed by atoms with Gasteiger partial charge in [-0.25, -0.2) is 0 Å². The van der Waals surface area contributed by atoms with E-state index < -0.39 is 11.0 Å². The second-order valence-electron chi connectivity index (χ2n) is 6.62. The largest absolute Gasteiger partial charge is 0.384 e. The van der Waals surface area contributed by atoms with E-state index in [4.69, 9.17) is 11.1 Å². The molecule has 0 bridgehead atoms. The third-order valence-corrected chi connectivity index (χ3v) is 4.49. The minimum Gasteiger partial charge on any atom is -0.384 e. The molecule has 1 atom stereocenters. The second-order valence-corrected chi connectivity index (χ2v) is 6.62. The van der Waals surface area contributed by atoms with Crippen LogP contribution in [0.25, 0.3) is 0 Å². The maximum Gasteiger partial charge on any atom is 0.269 e. The van der Waals surface area contributed by atoms with Crippen molar-refractivity contribution in [2.45, 2.75) is 12.6 Å². The number of nitrogens with one attached hydrogen (secondary N) is 3. The lowest BCUT2D eigenvalue weighted by Gasteiger charge is -2.20. The molecule has 0 aliphatic carbocycles. The highest BCUT2D eigenvalue weighted by molar-refractivity contribution is 5.95. The van der Waals surface area contributed by atoms with E-state index >= 15 is 0 Å². The van der Waals surface area contributed by atoms with Crippen LogP contribution < -0.4 is 16.4 Å². The van der Waals surface area contributed by atoms with Crippen LogP contribution in [-0.2, 0) is 11.3 Å². The van der Waals surface area contributed by atoms with Crippen molar-refractivity contribution in [1.82, 2.24) is 5.32 Å². The number of nitrogens with two attached hydrogens (primary N) is 1. The van der Waals surface area contributed by atoms with Gasteiger partial charge in [0.2, 0.25) is 5.91 Å². The van der Waals surface area contributed by atoms with E-state index in [1.165, 1.54) is 12.1 Å². The number of nitrogens with zero attached hydrogens (tertiary/aromatic N) is 1. The third kappa shape index (κ3) is 5.20. The summed E-state index contributed by atoms with van der Waals surface area (Å²) in [5.74, 6) is -0.382. The molecule has 8 nitrogen and oxygen atoms in total. The van der Waals surface area contributed by atoms with Gasteiger partial charge in [-0.1, -0.05) is 42.5 Å². The summed E-state index contributed by atoms with van der Waals surface area (Å²) in [4.78, 5) is 23.7. The number of nitrogen functional groups attached to an aromatic ring is 1. The molecule has 30 heavy (non-hydrogen) atoms. The van der Waals surface area contributed by atoms with E-state index in [2.05, 4.69) is 10.6 Å². The fourth-order valence-corrected chi connectivity index (χ4v) is 2.92. The summed E-state index contributed by atoms with van der Waals surface area (Å²) in [5.41, 5.74) is 7.96. The van der Waals surface area contributed by atoms with E-state index in [-0.39, 0.29) is 17.4 Å². The molecule has 0 unspecified atom stereocenters. The molecule has 3 rings (SSSR count). The van der Waals surface area contributed by atoms with E-state index in [0.29, 0.717) is 23.4 Å². The zero-order valence-electron chi connectivity index (χ0n) is 16.0. The smallest absolute Gasteiger partial charge is 0.269 e. The highest BCUT2D eigenvalue weighted by Crippen LogP contribution is 2.24. The fraction of sp³-hybridized carbons (Fsp3) is 0.0909. The van der Waals surface area contributed by atoms with Gasteiger partial charge in [0.1, 0.15) is 11.9 Å². The van der Waals surface area contributed by atoms with E-state index in [1.807, 2.05) is 30.3 Å². The molecule has 0 aromatic heterocycles. The van der Waals surface area contributed by atoms with Gasteiger partial charge in [-0.3, -0.25) is 20.3 Å². The van der Waals surface area contributed by atoms with Crippen LogP contribution in [0.3, 0.4) is 0 Å². The minimum atomic E-state index is -0.850. The Kier molecular flexibility index (Phi) is 6.39. The molecular weight excluding hydrogens is 382 g/mol. The molecule has 8 heteroatoms. The number of hydrogen-bond acceptors (Lipinski definition) is 5. The SMILES string of the molecule is N=C(N)c1ccc(N[C@H](C(=O)NCc2ccccc2)c2cccc([N+](=O)[O-])c2)cc1. The maximum atomic E-state index is 13.0. The maximum absolute atomic E-state index is 13.0. The Morgan fingerprint density at radius 2 is 1.73 bits per heavy atom. The number of amides is 1. The quantitative estimate of drug-likeness (QED) is 0.198. The van der Waals surface area contributed by atoms with Crippen molar-refractivity contribution in [2.24, 2.45) is 5.73 Å². The Morgan fingerprint density at radius 3 is 2.37 bits per heavy atom. The summed E-state index contributed by atoms with van der Waals surface area (Å²) < 4.78 is 0. The number of anilines is 1. The summed E-state index contributed by atoms with van der Waals surface area (Å²) in [5, 5.41) is 24.6. The molecule has 0 fully saturated rings. The zero-order valence-corrected chi connectivity index (χ0v) is 16.0. The van der Waals surface area contributed by atoms with Crippen molar-refractivity contribution in [3.05, 3.63) is 106 Å². The first-order chi connectivity index (χ1) is 14.4. The van der Waals surface area contributed by atoms with Crippen molar-refractivity contribution < 1.29 is 9.72 Å². The molecule has 0 aliphatic rings. The van der Waals surface area contributed by atoms with E-state index in [9.17, 15) is 14.9 Å². The Morgan fingerprint density at radius 1 is 1.03 bits per heavy atom. The van der Waals surface area contributed by atoms with Gasteiger partial charge in [-0.15, -0.1) is 0 Å². The Labute approximate surface area is 173 Å². The van der Waals surface area contributed by atoms with Crippen LogP contribution in [0.2, 0.25) is 0 Å². The lowest BCUT2D eigenvalue weighted by atomic mass is 10.0. The third-order valence-electron chi connectivity index (χ3n) is 4.49. The van der Waals surface area contributed by atoms with Crippen LogP contribution in [0, 0.1) is 15.5 Å². The van der Waals surface area contributed by atoms with Gasteiger partial charge in [-0.05, 0) is 35.4 Å². The highest BCUT2D eigenvalue weighted by atomic mass is 16.6. The zero-order chi connectivity index (χ0) is 21.5. The number of non-ortho nitro benzene ring substituents is 1. The number of hydrogen-bond donors (Lipinski definition) is 4. The topological polar surface area (TPSA) is 134 Å². The molecule has 3 aromatic carbocycles. The van der Waals surface area contributed by atoms with Crippen LogP contribution in [0.4, 0.5) is 11.4 Å². The molecule has 0 heterocycles. The van der Waals surface area contributed by atoms with Gasteiger partial charge >= 0.3 is 0 Å². The monoisotopic (exact) mass is 403 g/mol. The van der Waals surface area contributed by atoms with Crippen LogP contribution in [0.5, 0.6) is 0 Å². The van der Waals surface area contributed by atoms with Crippen molar-refractivity contribution in [1.29, 1.82) is 5.41 Å². The summed E-state index contributed by atoms with van der Waals surface area (Å²) >= 11 is 0. The van der Waals surface area contributed by atoms with E-state index in [0.717, 1.165) is 5.56 Å². The summed E-state index contributed by atoms with van der Waals surface area (Å²) in [6.07, 6.45) is 0. The molecule has 0 aliphatic heterocycles. The number of nitro benzene ring substituents is 1. The van der Waals surface area contributed by atoms with Gasteiger partial charge in [0.25, 0.3) is 5.69 Å². The van der Waals surface area contributed by atoms with Crippen LogP contribution in [0.1, 0.15) is 22.7 Å². The van der Waals surface area contributed by atoms with Gasteiger partial charge in [0.15, 0.2) is 0 Å². The Bertz CT molecular complexity index is 1050. The highest BCUT2D eigenvalue weighted by Gasteiger charge is 2.22. The molecule has 0 radical (unpaired) electrons.